The molecule has 0 unspecified atom stereocenters. The highest BCUT2D eigenvalue weighted by atomic mass is 19.1. The summed E-state index contributed by atoms with van der Waals surface area (Å²) in [5.41, 5.74) is 5.00. The number of nitrogens with one attached hydrogen (secondary N) is 1. The van der Waals surface area contributed by atoms with Crippen LogP contribution in [-0.2, 0) is 16.0 Å². The number of nitrogens with two attached hydrogens (primary N) is 1. The molecule has 5 N–H and O–H groups in total. The summed E-state index contributed by atoms with van der Waals surface area (Å²) in [5, 5.41) is 19.8. The van der Waals surface area contributed by atoms with E-state index in [0.29, 0.717) is 5.56 Å². The Bertz CT molecular complexity index is 581. The zero-order valence-corrected chi connectivity index (χ0v) is 15.3. The summed E-state index contributed by atoms with van der Waals surface area (Å²) in [6.07, 6.45) is -1.78. The molecule has 0 heterocycles. The number of aliphatic hydroxyl groups is 1. The number of hydrogen-bond donors (Lipinski definition) is 4. The number of amides is 1. The van der Waals surface area contributed by atoms with Crippen LogP contribution in [0.5, 0.6) is 0 Å². The molecule has 7 nitrogen and oxygen atoms in total. The second kappa shape index (κ2) is 10.7. The van der Waals surface area contributed by atoms with Crippen LogP contribution in [0.1, 0.15) is 33.3 Å². The summed E-state index contributed by atoms with van der Waals surface area (Å²) in [5.74, 6) is -2.29. The molecule has 1 aromatic rings. The number of carbonyl (C=O) groups is 2. The predicted octanol–water partition coefficient (Wildman–Crippen LogP) is 1.81. The third-order valence-corrected chi connectivity index (χ3v) is 2.79. The average molecular weight is 376 g/mol. The highest BCUT2D eigenvalue weighted by Crippen LogP contribution is 2.13. The van der Waals surface area contributed by atoms with Gasteiger partial charge in [-0.3, -0.25) is 4.79 Å². The van der Waals surface area contributed by atoms with Gasteiger partial charge < -0.3 is 26.0 Å². The van der Waals surface area contributed by atoms with Gasteiger partial charge in [0, 0.05) is 19.5 Å². The lowest BCUT2D eigenvalue weighted by Crippen LogP contribution is -2.49. The van der Waals surface area contributed by atoms with Crippen LogP contribution in [0, 0.1) is 11.6 Å². The van der Waals surface area contributed by atoms with Crippen molar-refractivity contribution in [3.8, 4) is 0 Å². The van der Waals surface area contributed by atoms with E-state index in [1.54, 1.807) is 20.8 Å². The number of rotatable bonds is 5. The summed E-state index contributed by atoms with van der Waals surface area (Å²) in [6.45, 7) is 6.06. The Labute approximate surface area is 151 Å². The van der Waals surface area contributed by atoms with E-state index >= 15 is 0 Å². The number of benzene rings is 1. The molecule has 0 aliphatic rings. The number of aliphatic hydroxyl groups excluding tert-OH is 1. The van der Waals surface area contributed by atoms with E-state index in [0.717, 1.165) is 25.1 Å². The second-order valence-electron chi connectivity index (χ2n) is 6.56. The van der Waals surface area contributed by atoms with Crippen LogP contribution in [-0.4, -0.2) is 46.6 Å². The van der Waals surface area contributed by atoms with Crippen molar-refractivity contribution in [3.63, 3.8) is 0 Å². The van der Waals surface area contributed by atoms with Crippen LogP contribution >= 0.6 is 0 Å². The minimum atomic E-state index is -1.07. The van der Waals surface area contributed by atoms with Crippen molar-refractivity contribution >= 4 is 12.1 Å². The van der Waals surface area contributed by atoms with Gasteiger partial charge in [0.15, 0.2) is 0 Å². The lowest BCUT2D eigenvalue weighted by molar-refractivity contribution is -0.134. The molecule has 0 aliphatic heterocycles. The average Bonchev–Trinajstić information content (AvgIpc) is 2.42. The number of ether oxygens (including phenoxy) is 1. The molecule has 0 saturated carbocycles. The Balaban J connectivity index is 0.00000141. The molecule has 0 spiro atoms. The standard InChI is InChI=1S/C15H22F2N2O3.C2H4O2/c1-15(2,3)22-14(21)19-12(13(20)8-18)6-9-4-10(16)7-11(17)5-9;1-2(3)4/h4-5,7,12-13,20H,6,8,18H2,1-3H3,(H,19,21);1H3,(H,3,4)/t12-,13+;/m0./s1. The first-order valence-corrected chi connectivity index (χ1v) is 7.86. The van der Waals surface area contributed by atoms with Crippen LogP contribution in [0.3, 0.4) is 0 Å². The SMILES string of the molecule is CC(=O)O.CC(C)(C)OC(=O)N[C@@H](Cc1cc(F)cc(F)c1)[C@H](O)CN. The maximum Gasteiger partial charge on any atom is 0.407 e. The summed E-state index contributed by atoms with van der Waals surface area (Å²) < 4.78 is 31.5. The van der Waals surface area contributed by atoms with Crippen molar-refractivity contribution in [3.05, 3.63) is 35.4 Å². The Morgan fingerprint density at radius 2 is 1.69 bits per heavy atom. The summed E-state index contributed by atoms with van der Waals surface area (Å²) in [7, 11) is 0. The number of carboxylic acids is 1. The van der Waals surface area contributed by atoms with E-state index in [1.807, 2.05) is 0 Å². The van der Waals surface area contributed by atoms with Gasteiger partial charge in [-0.15, -0.1) is 0 Å². The van der Waals surface area contributed by atoms with Crippen molar-refractivity contribution < 1.29 is 33.3 Å². The van der Waals surface area contributed by atoms with Crippen molar-refractivity contribution in [1.82, 2.24) is 5.32 Å². The second-order valence-corrected chi connectivity index (χ2v) is 6.56. The van der Waals surface area contributed by atoms with Gasteiger partial charge in [0.05, 0.1) is 12.1 Å². The van der Waals surface area contributed by atoms with Gasteiger partial charge in [-0.25, -0.2) is 13.6 Å². The van der Waals surface area contributed by atoms with Crippen LogP contribution < -0.4 is 11.1 Å². The molecule has 0 saturated heterocycles. The molecular formula is C17H26F2N2O5. The first-order chi connectivity index (χ1) is 11.8. The lowest BCUT2D eigenvalue weighted by Gasteiger charge is -2.26. The fourth-order valence-corrected chi connectivity index (χ4v) is 1.89. The number of hydrogen-bond acceptors (Lipinski definition) is 5. The largest absolute Gasteiger partial charge is 0.481 e. The Morgan fingerprint density at radius 3 is 2.08 bits per heavy atom. The zero-order chi connectivity index (χ0) is 20.5. The normalized spacial score (nSPS) is 13.1. The molecule has 0 fully saturated rings. The number of carboxylic acid groups (broad SMARTS) is 1. The molecule has 148 valence electrons. The van der Waals surface area contributed by atoms with Gasteiger partial charge in [0.2, 0.25) is 0 Å². The number of aliphatic carboxylic acids is 1. The lowest BCUT2D eigenvalue weighted by atomic mass is 10.0. The van der Waals surface area contributed by atoms with Gasteiger partial charge in [0.25, 0.3) is 5.97 Å². The van der Waals surface area contributed by atoms with E-state index in [-0.39, 0.29) is 13.0 Å². The molecule has 0 radical (unpaired) electrons. The molecule has 9 heteroatoms. The topological polar surface area (TPSA) is 122 Å². The van der Waals surface area contributed by atoms with Crippen LogP contribution in [0.2, 0.25) is 0 Å². The fraction of sp³-hybridized carbons (Fsp3) is 0.529. The Hall–Kier alpha value is -2.26. The summed E-state index contributed by atoms with van der Waals surface area (Å²) >= 11 is 0. The van der Waals surface area contributed by atoms with Gasteiger partial charge in [-0.1, -0.05) is 0 Å². The van der Waals surface area contributed by atoms with E-state index < -0.39 is 41.4 Å². The van der Waals surface area contributed by atoms with Crippen LogP contribution in [0.15, 0.2) is 18.2 Å². The molecule has 1 rings (SSSR count). The van der Waals surface area contributed by atoms with Gasteiger partial charge in [-0.05, 0) is 44.9 Å². The number of alkyl carbamates (subject to hydrolysis) is 1. The molecular weight excluding hydrogens is 350 g/mol. The highest BCUT2D eigenvalue weighted by Gasteiger charge is 2.24. The quantitative estimate of drug-likeness (QED) is 0.622. The molecule has 26 heavy (non-hydrogen) atoms. The molecule has 0 bridgehead atoms. The summed E-state index contributed by atoms with van der Waals surface area (Å²) in [4.78, 5) is 20.8. The van der Waals surface area contributed by atoms with Gasteiger partial charge >= 0.3 is 6.09 Å². The molecule has 2 atom stereocenters. The van der Waals surface area contributed by atoms with E-state index in [9.17, 15) is 18.7 Å². The fourth-order valence-electron chi connectivity index (χ4n) is 1.89. The van der Waals surface area contributed by atoms with Crippen LogP contribution in [0.25, 0.3) is 0 Å². The van der Waals surface area contributed by atoms with Crippen molar-refractivity contribution in [1.29, 1.82) is 0 Å². The number of carbonyl (C=O) groups excluding carboxylic acids is 1. The zero-order valence-electron chi connectivity index (χ0n) is 15.3. The minimum Gasteiger partial charge on any atom is -0.481 e. The third-order valence-electron chi connectivity index (χ3n) is 2.79. The minimum absolute atomic E-state index is 0.0201. The third kappa shape index (κ3) is 11.3. The maximum atomic E-state index is 13.2. The van der Waals surface area contributed by atoms with E-state index in [4.69, 9.17) is 20.4 Å². The maximum absolute atomic E-state index is 13.2. The van der Waals surface area contributed by atoms with Crippen molar-refractivity contribution in [2.75, 3.05) is 6.54 Å². The highest BCUT2D eigenvalue weighted by molar-refractivity contribution is 5.68. The van der Waals surface area contributed by atoms with Crippen molar-refractivity contribution in [2.24, 2.45) is 5.73 Å². The van der Waals surface area contributed by atoms with E-state index in [1.165, 1.54) is 0 Å². The first kappa shape index (κ1) is 23.7. The van der Waals surface area contributed by atoms with Crippen molar-refractivity contribution in [2.45, 2.75) is 51.9 Å². The first-order valence-electron chi connectivity index (χ1n) is 7.86. The number of halogens is 2. The monoisotopic (exact) mass is 376 g/mol. The van der Waals surface area contributed by atoms with Gasteiger partial charge in [-0.2, -0.15) is 0 Å². The molecule has 1 aromatic carbocycles. The van der Waals surface area contributed by atoms with Gasteiger partial charge in [0.1, 0.15) is 17.2 Å². The molecule has 1 amide bonds. The molecule has 0 aliphatic carbocycles. The smallest absolute Gasteiger partial charge is 0.407 e. The molecule has 0 aromatic heterocycles. The Morgan fingerprint density at radius 1 is 1.23 bits per heavy atom. The van der Waals surface area contributed by atoms with Crippen LogP contribution in [0.4, 0.5) is 13.6 Å². The summed E-state index contributed by atoms with van der Waals surface area (Å²) in [6, 6.07) is 2.20. The predicted molar refractivity (Wildman–Crippen MR) is 91.6 cm³/mol. The Kier molecular flexibility index (Phi) is 9.74. The van der Waals surface area contributed by atoms with E-state index in [2.05, 4.69) is 5.32 Å².